The van der Waals surface area contributed by atoms with Gasteiger partial charge in [-0.2, -0.15) is 0 Å². The number of hydrogen-bond acceptors (Lipinski definition) is 5. The fourth-order valence-electron chi connectivity index (χ4n) is 4.12. The van der Waals surface area contributed by atoms with E-state index in [0.29, 0.717) is 12.0 Å². The minimum atomic E-state index is -0.982. The van der Waals surface area contributed by atoms with Gasteiger partial charge in [-0.1, -0.05) is 84.9 Å². The number of hydrogen-bond donors (Lipinski definition) is 3. The lowest BCUT2D eigenvalue weighted by Gasteiger charge is -2.22. The number of nitrogens with one attached hydrogen (secondary N) is 2. The van der Waals surface area contributed by atoms with Gasteiger partial charge in [0.05, 0.1) is 6.04 Å². The largest absolute Gasteiger partial charge is 0.508 e. The molecule has 0 aliphatic carbocycles. The second kappa shape index (κ2) is 13.6. The van der Waals surface area contributed by atoms with E-state index in [9.17, 15) is 19.5 Å². The summed E-state index contributed by atoms with van der Waals surface area (Å²) >= 11 is 0. The molecule has 0 fully saturated rings. The first kappa shape index (κ1) is 27.1. The molecule has 0 radical (unpaired) electrons. The smallest absolute Gasteiger partial charge is 0.329 e. The van der Waals surface area contributed by atoms with Gasteiger partial charge in [0.15, 0.2) is 0 Å². The van der Waals surface area contributed by atoms with Crippen LogP contribution in [0.15, 0.2) is 115 Å². The summed E-state index contributed by atoms with van der Waals surface area (Å²) in [5, 5.41) is 15.5. The van der Waals surface area contributed by atoms with Crippen molar-refractivity contribution in [2.75, 3.05) is 6.61 Å². The Morgan fingerprint density at radius 2 is 1.18 bits per heavy atom. The van der Waals surface area contributed by atoms with E-state index in [1.165, 1.54) is 12.1 Å². The van der Waals surface area contributed by atoms with Crippen LogP contribution in [0.1, 0.15) is 31.8 Å². The zero-order chi connectivity index (χ0) is 27.5. The number of phenols is 1. The maximum Gasteiger partial charge on any atom is 0.329 e. The standard InChI is InChI=1S/C32H30N2O5/c35-28-18-10-17-26(21-28)31(37)34-29(20-24-13-6-2-7-14-24)32(38)39-22-27(19-23-11-4-1-5-12-23)33-30(36)25-15-8-3-9-16-25/h1-18,21,27,29,35H,19-20,22H2,(H,33,36)(H,34,37)/t27-,29+/m1/s1. The van der Waals surface area contributed by atoms with Crippen molar-refractivity contribution in [2.45, 2.75) is 24.9 Å². The molecule has 7 nitrogen and oxygen atoms in total. The van der Waals surface area contributed by atoms with Crippen molar-refractivity contribution >= 4 is 17.8 Å². The van der Waals surface area contributed by atoms with Crippen molar-refractivity contribution in [3.05, 3.63) is 138 Å². The number of amides is 2. The summed E-state index contributed by atoms with van der Waals surface area (Å²) in [6, 6.07) is 32.1. The van der Waals surface area contributed by atoms with Crippen molar-refractivity contribution in [3.63, 3.8) is 0 Å². The van der Waals surface area contributed by atoms with Crippen molar-refractivity contribution in [2.24, 2.45) is 0 Å². The summed E-state index contributed by atoms with van der Waals surface area (Å²) < 4.78 is 5.69. The summed E-state index contributed by atoms with van der Waals surface area (Å²) in [7, 11) is 0. The van der Waals surface area contributed by atoms with Gasteiger partial charge in [-0.15, -0.1) is 0 Å². The second-order valence-electron chi connectivity index (χ2n) is 9.12. The number of aromatic hydroxyl groups is 1. The van der Waals surface area contributed by atoms with Crippen LogP contribution in [0, 0.1) is 0 Å². The van der Waals surface area contributed by atoms with Gasteiger partial charge in [0.1, 0.15) is 18.4 Å². The first-order valence-electron chi connectivity index (χ1n) is 12.7. The van der Waals surface area contributed by atoms with E-state index in [4.69, 9.17) is 4.74 Å². The molecule has 39 heavy (non-hydrogen) atoms. The molecule has 4 aromatic carbocycles. The number of carbonyl (C=O) groups is 3. The molecule has 0 aliphatic heterocycles. The molecule has 7 heteroatoms. The van der Waals surface area contributed by atoms with Crippen LogP contribution in [0.25, 0.3) is 0 Å². The molecule has 0 bridgehead atoms. The third-order valence-electron chi connectivity index (χ3n) is 6.10. The highest BCUT2D eigenvalue weighted by Gasteiger charge is 2.25. The van der Waals surface area contributed by atoms with Crippen LogP contribution in [0.4, 0.5) is 0 Å². The normalized spacial score (nSPS) is 12.1. The summed E-state index contributed by atoms with van der Waals surface area (Å²) in [5.41, 5.74) is 2.54. The van der Waals surface area contributed by atoms with Crippen molar-refractivity contribution in [3.8, 4) is 5.75 Å². The van der Waals surface area contributed by atoms with Crippen LogP contribution >= 0.6 is 0 Å². The van der Waals surface area contributed by atoms with E-state index in [1.807, 2.05) is 66.7 Å². The molecule has 0 aliphatic rings. The molecule has 0 unspecified atom stereocenters. The molecular formula is C32H30N2O5. The van der Waals surface area contributed by atoms with E-state index < -0.39 is 24.0 Å². The number of phenolic OH excluding ortho intramolecular Hbond substituents is 1. The minimum absolute atomic E-state index is 0.0530. The number of esters is 1. The fraction of sp³-hybridized carbons (Fsp3) is 0.156. The van der Waals surface area contributed by atoms with E-state index in [1.54, 1.807) is 36.4 Å². The molecular weight excluding hydrogens is 492 g/mol. The van der Waals surface area contributed by atoms with E-state index in [2.05, 4.69) is 10.6 Å². The molecule has 2 atom stereocenters. The van der Waals surface area contributed by atoms with Crippen molar-refractivity contribution in [1.29, 1.82) is 0 Å². The second-order valence-corrected chi connectivity index (χ2v) is 9.12. The van der Waals surface area contributed by atoms with Crippen LogP contribution in [-0.2, 0) is 22.4 Å². The van der Waals surface area contributed by atoms with Gasteiger partial charge in [0, 0.05) is 17.5 Å². The molecule has 4 rings (SSSR count). The third kappa shape index (κ3) is 8.30. The Kier molecular flexibility index (Phi) is 9.45. The lowest BCUT2D eigenvalue weighted by molar-refractivity contribution is -0.146. The molecule has 3 N–H and O–H groups in total. The van der Waals surface area contributed by atoms with Gasteiger partial charge in [0.25, 0.3) is 11.8 Å². The highest BCUT2D eigenvalue weighted by molar-refractivity contribution is 5.97. The predicted molar refractivity (Wildman–Crippen MR) is 148 cm³/mol. The lowest BCUT2D eigenvalue weighted by Crippen LogP contribution is -2.46. The number of benzene rings is 4. The van der Waals surface area contributed by atoms with E-state index >= 15 is 0 Å². The Morgan fingerprint density at radius 1 is 0.641 bits per heavy atom. The third-order valence-corrected chi connectivity index (χ3v) is 6.10. The van der Waals surface area contributed by atoms with Gasteiger partial charge in [-0.25, -0.2) is 4.79 Å². The average Bonchev–Trinajstić information content (AvgIpc) is 2.97. The van der Waals surface area contributed by atoms with Crippen LogP contribution in [-0.4, -0.2) is 41.6 Å². The maximum absolute atomic E-state index is 13.3. The van der Waals surface area contributed by atoms with Gasteiger partial charge >= 0.3 is 5.97 Å². The molecule has 0 spiro atoms. The number of carbonyl (C=O) groups excluding carboxylic acids is 3. The quantitative estimate of drug-likeness (QED) is 0.255. The van der Waals surface area contributed by atoms with E-state index in [-0.39, 0.29) is 30.2 Å². The lowest BCUT2D eigenvalue weighted by atomic mass is 10.0. The Bertz CT molecular complexity index is 1380. The van der Waals surface area contributed by atoms with Gasteiger partial charge in [-0.05, 0) is 47.9 Å². The van der Waals surface area contributed by atoms with E-state index in [0.717, 1.165) is 11.1 Å². The number of ether oxygens (including phenoxy) is 1. The maximum atomic E-state index is 13.3. The molecule has 0 heterocycles. The monoisotopic (exact) mass is 522 g/mol. The first-order valence-corrected chi connectivity index (χ1v) is 12.7. The highest BCUT2D eigenvalue weighted by atomic mass is 16.5. The van der Waals surface area contributed by atoms with Crippen molar-refractivity contribution in [1.82, 2.24) is 10.6 Å². The average molecular weight is 523 g/mol. The molecule has 0 saturated heterocycles. The summed E-state index contributed by atoms with van der Waals surface area (Å²) in [6.07, 6.45) is 0.662. The van der Waals surface area contributed by atoms with Crippen LogP contribution in [0.3, 0.4) is 0 Å². The van der Waals surface area contributed by atoms with Crippen LogP contribution in [0.5, 0.6) is 5.75 Å². The van der Waals surface area contributed by atoms with Gasteiger partial charge in [-0.3, -0.25) is 9.59 Å². The van der Waals surface area contributed by atoms with Gasteiger partial charge in [0.2, 0.25) is 0 Å². The molecule has 0 saturated carbocycles. The summed E-state index contributed by atoms with van der Waals surface area (Å²) in [6.45, 7) is -0.0837. The Balaban J connectivity index is 1.48. The zero-order valence-corrected chi connectivity index (χ0v) is 21.3. The first-order chi connectivity index (χ1) is 19.0. The minimum Gasteiger partial charge on any atom is -0.508 e. The number of rotatable bonds is 11. The topological polar surface area (TPSA) is 105 Å². The van der Waals surface area contributed by atoms with Gasteiger partial charge < -0.3 is 20.5 Å². The molecule has 2 amide bonds. The van der Waals surface area contributed by atoms with Crippen molar-refractivity contribution < 1.29 is 24.2 Å². The summed E-state index contributed by atoms with van der Waals surface area (Å²) in [4.78, 5) is 39.1. The van der Waals surface area contributed by atoms with Crippen LogP contribution in [0.2, 0.25) is 0 Å². The SMILES string of the molecule is O=C(N[C@@H](COC(=O)[C@H](Cc1ccccc1)NC(=O)c1cccc(O)c1)Cc1ccccc1)c1ccccc1. The predicted octanol–water partition coefficient (Wildman–Crippen LogP) is 4.32. The van der Waals surface area contributed by atoms with Crippen LogP contribution < -0.4 is 10.6 Å². The summed E-state index contributed by atoms with van der Waals surface area (Å²) in [5.74, 6) is -1.46. The zero-order valence-electron chi connectivity index (χ0n) is 21.3. The highest BCUT2D eigenvalue weighted by Crippen LogP contribution is 2.13. The Hall–Kier alpha value is -4.91. The molecule has 198 valence electrons. The fourth-order valence-corrected chi connectivity index (χ4v) is 4.12. The Morgan fingerprint density at radius 3 is 1.79 bits per heavy atom. The molecule has 0 aromatic heterocycles. The Labute approximate surface area is 227 Å². The molecule has 4 aromatic rings.